The molecule has 218 valence electrons. The number of unbranched alkanes of at least 4 members (excludes halogenated alkanes) is 11. The van der Waals surface area contributed by atoms with Crippen molar-refractivity contribution in [2.24, 2.45) is 5.92 Å². The third-order valence-electron chi connectivity index (χ3n) is 8.87. The zero-order valence-electron chi connectivity index (χ0n) is 24.0. The van der Waals surface area contributed by atoms with Crippen LogP contribution in [-0.4, -0.2) is 71.7 Å². The van der Waals surface area contributed by atoms with E-state index in [2.05, 4.69) is 11.8 Å². The van der Waals surface area contributed by atoms with Gasteiger partial charge in [0.05, 0.1) is 12.5 Å². The molecule has 0 aromatic carbocycles. The average Bonchev–Trinajstić information content (AvgIpc) is 3.31. The molecule has 2 heterocycles. The second-order valence-electron chi connectivity index (χ2n) is 11.7. The Hall–Kier alpha value is -1.60. The number of carboxylic acids is 1. The average molecular weight is 535 g/mol. The molecule has 1 saturated carbocycles. The lowest BCUT2D eigenvalue weighted by molar-refractivity contribution is -0.207. The molecule has 0 bridgehead atoms. The number of carboxylic acid groups (broad SMARTS) is 1. The van der Waals surface area contributed by atoms with Crippen molar-refractivity contribution in [1.82, 2.24) is 9.80 Å². The lowest BCUT2D eigenvalue weighted by Crippen LogP contribution is -2.64. The van der Waals surface area contributed by atoms with Crippen molar-refractivity contribution in [3.63, 3.8) is 0 Å². The maximum Gasteiger partial charge on any atom is 0.364 e. The van der Waals surface area contributed by atoms with E-state index in [0.29, 0.717) is 25.7 Å². The van der Waals surface area contributed by atoms with Crippen LogP contribution < -0.4 is 0 Å². The molecular formula is C31H54N2O5. The molecule has 3 rings (SSSR count). The van der Waals surface area contributed by atoms with Crippen molar-refractivity contribution in [2.75, 3.05) is 32.8 Å². The highest BCUT2D eigenvalue weighted by molar-refractivity contribution is 5.79. The number of piperazine rings is 1. The Morgan fingerprint density at radius 1 is 0.947 bits per heavy atom. The first-order valence-corrected chi connectivity index (χ1v) is 15.8. The minimum absolute atomic E-state index is 0.112. The number of ether oxygens (including phenoxy) is 2. The van der Waals surface area contributed by atoms with Crippen molar-refractivity contribution in [1.29, 1.82) is 0 Å². The van der Waals surface area contributed by atoms with E-state index >= 15 is 0 Å². The molecule has 7 heteroatoms. The Balaban J connectivity index is 1.37. The molecule has 2 unspecified atom stereocenters. The molecule has 1 N–H and O–H groups in total. The summed E-state index contributed by atoms with van der Waals surface area (Å²) in [7, 11) is 0. The molecule has 0 aromatic heterocycles. The van der Waals surface area contributed by atoms with Gasteiger partial charge in [-0.3, -0.25) is 9.80 Å². The lowest BCUT2D eigenvalue weighted by atomic mass is 9.90. The molecule has 2 aliphatic heterocycles. The van der Waals surface area contributed by atoms with E-state index < -0.39 is 17.6 Å². The number of carbonyl (C=O) groups excluding carboxylic acids is 1. The predicted molar refractivity (Wildman–Crippen MR) is 151 cm³/mol. The van der Waals surface area contributed by atoms with Crippen LogP contribution in [0.2, 0.25) is 0 Å². The molecule has 0 radical (unpaired) electrons. The highest BCUT2D eigenvalue weighted by Gasteiger charge is 2.57. The first-order valence-electron chi connectivity index (χ1n) is 15.8. The van der Waals surface area contributed by atoms with Gasteiger partial charge in [-0.05, 0) is 19.3 Å². The number of hydrogen-bond donors (Lipinski definition) is 1. The molecule has 7 nitrogen and oxygen atoms in total. The van der Waals surface area contributed by atoms with Crippen molar-refractivity contribution >= 4 is 12.3 Å². The summed E-state index contributed by atoms with van der Waals surface area (Å²) in [6, 6.07) is 0.620. The van der Waals surface area contributed by atoms with Crippen molar-refractivity contribution in [2.45, 2.75) is 134 Å². The molecule has 2 fully saturated rings. The fourth-order valence-electron chi connectivity index (χ4n) is 6.57. The third-order valence-corrected chi connectivity index (χ3v) is 8.87. The summed E-state index contributed by atoms with van der Waals surface area (Å²) in [6.45, 7) is 5.70. The van der Waals surface area contributed by atoms with Gasteiger partial charge in [-0.15, -0.1) is 0 Å². The van der Waals surface area contributed by atoms with Gasteiger partial charge >= 0.3 is 5.97 Å². The van der Waals surface area contributed by atoms with Crippen LogP contribution in [0.3, 0.4) is 0 Å². The highest BCUT2D eigenvalue weighted by atomic mass is 16.7. The molecule has 1 aliphatic carbocycles. The first-order chi connectivity index (χ1) is 18.6. The van der Waals surface area contributed by atoms with Crippen LogP contribution in [0.15, 0.2) is 12.0 Å². The molecule has 0 spiro atoms. The predicted octanol–water partition coefficient (Wildman–Crippen LogP) is 6.51. The molecular weight excluding hydrogens is 480 g/mol. The Kier molecular flexibility index (Phi) is 14.0. The summed E-state index contributed by atoms with van der Waals surface area (Å²) in [5.41, 5.74) is -1.55. The molecule has 3 aliphatic rings. The number of rotatable bonds is 19. The Morgan fingerprint density at radius 2 is 1.53 bits per heavy atom. The monoisotopic (exact) mass is 534 g/mol. The van der Waals surface area contributed by atoms with Crippen LogP contribution in [0.25, 0.3) is 0 Å². The minimum Gasteiger partial charge on any atom is -0.477 e. The van der Waals surface area contributed by atoms with Gasteiger partial charge in [0.15, 0.2) is 0 Å². The lowest BCUT2D eigenvalue weighted by Gasteiger charge is -2.46. The molecule has 0 aromatic rings. The smallest absolute Gasteiger partial charge is 0.364 e. The fraction of sp³-hybridized carbons (Fsp3) is 0.871. The maximum absolute atomic E-state index is 12.6. The van der Waals surface area contributed by atoms with E-state index in [-0.39, 0.29) is 12.4 Å². The van der Waals surface area contributed by atoms with Gasteiger partial charge in [-0.1, -0.05) is 96.8 Å². The van der Waals surface area contributed by atoms with E-state index in [4.69, 9.17) is 9.47 Å². The van der Waals surface area contributed by atoms with E-state index in [9.17, 15) is 14.7 Å². The van der Waals surface area contributed by atoms with Gasteiger partial charge in [0.2, 0.25) is 0 Å². The zero-order valence-corrected chi connectivity index (χ0v) is 24.0. The number of aliphatic carboxylic acids is 1. The van der Waals surface area contributed by atoms with Crippen LogP contribution >= 0.6 is 0 Å². The topological polar surface area (TPSA) is 79.3 Å². The summed E-state index contributed by atoms with van der Waals surface area (Å²) in [4.78, 5) is 28.6. The van der Waals surface area contributed by atoms with Crippen LogP contribution in [0.1, 0.15) is 122 Å². The summed E-state index contributed by atoms with van der Waals surface area (Å²) in [6.07, 6.45) is 24.4. The molecule has 2 atom stereocenters. The quantitative estimate of drug-likeness (QED) is 0.149. The summed E-state index contributed by atoms with van der Waals surface area (Å²) in [5.74, 6) is -1.30. The van der Waals surface area contributed by atoms with E-state index in [0.717, 1.165) is 32.2 Å². The molecule has 0 amide bonds. The second kappa shape index (κ2) is 17.2. The SMILES string of the molecule is CCCCCCCCCCCCCCOC1=CC(CC=O)C(C(=O)O)(N2CCN(C3CCCCC3)CC2)O1. The summed E-state index contributed by atoms with van der Waals surface area (Å²) < 4.78 is 12.0. The van der Waals surface area contributed by atoms with Gasteiger partial charge < -0.3 is 19.4 Å². The largest absolute Gasteiger partial charge is 0.477 e. The van der Waals surface area contributed by atoms with Gasteiger partial charge in [-0.25, -0.2) is 4.79 Å². The van der Waals surface area contributed by atoms with Crippen LogP contribution in [0.4, 0.5) is 0 Å². The van der Waals surface area contributed by atoms with E-state index in [1.54, 1.807) is 6.08 Å². The fourth-order valence-corrected chi connectivity index (χ4v) is 6.57. The molecule has 1 saturated heterocycles. The Bertz CT molecular complexity index is 715. The number of carbonyl (C=O) groups is 2. The molecule has 38 heavy (non-hydrogen) atoms. The summed E-state index contributed by atoms with van der Waals surface area (Å²) in [5, 5.41) is 10.3. The minimum atomic E-state index is -1.55. The second-order valence-corrected chi connectivity index (χ2v) is 11.7. The number of aldehydes is 1. The normalized spacial score (nSPS) is 25.2. The first kappa shape index (κ1) is 30.9. The van der Waals surface area contributed by atoms with Crippen LogP contribution in [-0.2, 0) is 19.1 Å². The van der Waals surface area contributed by atoms with E-state index in [1.165, 1.54) is 96.3 Å². The zero-order chi connectivity index (χ0) is 27.1. The standard InChI is InChI=1S/C31H54N2O5/c1-2-3-4-5-6-7-8-9-10-11-12-16-25-37-29-26-27(19-24-34)31(38-29,30(35)36)33-22-20-32(21-23-33)28-17-14-13-15-18-28/h24,26-28H,2-23,25H2,1H3,(H,35,36). The Labute approximate surface area is 231 Å². The van der Waals surface area contributed by atoms with Gasteiger partial charge in [0.1, 0.15) is 6.29 Å². The number of nitrogens with zero attached hydrogens (tertiary/aromatic N) is 2. The van der Waals surface area contributed by atoms with Gasteiger partial charge in [-0.2, -0.15) is 0 Å². The van der Waals surface area contributed by atoms with Crippen molar-refractivity contribution in [3.05, 3.63) is 12.0 Å². The third kappa shape index (κ3) is 8.97. The van der Waals surface area contributed by atoms with Crippen molar-refractivity contribution in [3.8, 4) is 0 Å². The highest BCUT2D eigenvalue weighted by Crippen LogP contribution is 2.40. The Morgan fingerprint density at radius 3 is 2.08 bits per heavy atom. The van der Waals surface area contributed by atoms with Gasteiger partial charge in [0, 0.05) is 44.7 Å². The van der Waals surface area contributed by atoms with Crippen LogP contribution in [0.5, 0.6) is 0 Å². The maximum atomic E-state index is 12.6. The number of hydrogen-bond acceptors (Lipinski definition) is 6. The summed E-state index contributed by atoms with van der Waals surface area (Å²) >= 11 is 0. The van der Waals surface area contributed by atoms with Crippen molar-refractivity contribution < 1.29 is 24.2 Å². The van der Waals surface area contributed by atoms with Gasteiger partial charge in [0.25, 0.3) is 11.7 Å². The van der Waals surface area contributed by atoms with Crippen LogP contribution in [0, 0.1) is 5.92 Å². The van der Waals surface area contributed by atoms with E-state index in [1.807, 2.05) is 4.90 Å².